The minimum Gasteiger partial charge on any atom is -0.495 e. The second kappa shape index (κ2) is 10.4. The molecular weight excluding hydrogens is 338 g/mol. The normalized spacial score (nSPS) is 21.5. The van der Waals surface area contributed by atoms with Crippen LogP contribution in [0.3, 0.4) is 0 Å². The fourth-order valence-electron chi connectivity index (χ4n) is 3.78. The van der Waals surface area contributed by atoms with Crippen LogP contribution in [0.2, 0.25) is 0 Å². The third-order valence-electron chi connectivity index (χ3n) is 5.55. The van der Waals surface area contributed by atoms with E-state index in [-0.39, 0.29) is 5.92 Å². The topological polar surface area (TPSA) is 72.6 Å². The smallest absolute Gasteiger partial charge is 0.323 e. The zero-order valence-corrected chi connectivity index (χ0v) is 16.7. The van der Waals surface area contributed by atoms with Crippen LogP contribution in [0.4, 0.5) is 0 Å². The summed E-state index contributed by atoms with van der Waals surface area (Å²) in [4.78, 5) is 11.4. The van der Waals surface area contributed by atoms with Gasteiger partial charge >= 0.3 is 5.97 Å². The standard InChI is InChI=1S/C23H33NO3/c1-3-4-5-6-7-8-9-10-11-19-16-18(12-13-21(19)27-2)20-14-15-23(24,17-20)22(25)26/h12-13,16,20H,3-9,14-15,17,24H2,1-2H3,(H,25,26)/t20-,23?/m0/s1. The van der Waals surface area contributed by atoms with E-state index in [9.17, 15) is 9.90 Å². The summed E-state index contributed by atoms with van der Waals surface area (Å²) in [6.07, 6.45) is 10.3. The Balaban J connectivity index is 1.98. The number of aliphatic carboxylic acids is 1. The highest BCUT2D eigenvalue weighted by atomic mass is 16.5. The predicted octanol–water partition coefficient (Wildman–Crippen LogP) is 4.85. The molecule has 2 atom stereocenters. The van der Waals surface area contributed by atoms with Gasteiger partial charge < -0.3 is 15.6 Å². The summed E-state index contributed by atoms with van der Waals surface area (Å²) in [5, 5.41) is 9.34. The number of unbranched alkanes of at least 4 members (excludes halogenated alkanes) is 6. The van der Waals surface area contributed by atoms with E-state index >= 15 is 0 Å². The summed E-state index contributed by atoms with van der Waals surface area (Å²) < 4.78 is 5.44. The molecule has 1 fully saturated rings. The third kappa shape index (κ3) is 6.01. The predicted molar refractivity (Wildman–Crippen MR) is 109 cm³/mol. The van der Waals surface area contributed by atoms with Gasteiger partial charge in [-0.15, -0.1) is 0 Å². The lowest BCUT2D eigenvalue weighted by Crippen LogP contribution is -2.45. The molecule has 0 amide bonds. The summed E-state index contributed by atoms with van der Waals surface area (Å²) in [6, 6.07) is 5.99. The van der Waals surface area contributed by atoms with Gasteiger partial charge in [0.05, 0.1) is 12.7 Å². The second-order valence-corrected chi connectivity index (χ2v) is 7.68. The Labute approximate surface area is 163 Å². The zero-order chi connectivity index (χ0) is 19.7. The van der Waals surface area contributed by atoms with Crippen molar-refractivity contribution < 1.29 is 14.6 Å². The summed E-state index contributed by atoms with van der Waals surface area (Å²) in [5.74, 6) is 6.55. The van der Waals surface area contributed by atoms with E-state index in [0.29, 0.717) is 12.8 Å². The number of hydrogen-bond acceptors (Lipinski definition) is 3. The minimum absolute atomic E-state index is 0.163. The molecule has 0 spiro atoms. The van der Waals surface area contributed by atoms with Gasteiger partial charge in [0.2, 0.25) is 0 Å². The van der Waals surface area contributed by atoms with Gasteiger partial charge in [-0.1, -0.05) is 56.9 Å². The van der Waals surface area contributed by atoms with Gasteiger partial charge in [-0.25, -0.2) is 0 Å². The van der Waals surface area contributed by atoms with E-state index in [0.717, 1.165) is 36.1 Å². The van der Waals surface area contributed by atoms with Gasteiger partial charge in [0, 0.05) is 6.42 Å². The van der Waals surface area contributed by atoms with Crippen molar-refractivity contribution in [3.05, 3.63) is 29.3 Å². The summed E-state index contributed by atoms with van der Waals surface area (Å²) >= 11 is 0. The van der Waals surface area contributed by atoms with E-state index in [1.54, 1.807) is 7.11 Å². The summed E-state index contributed by atoms with van der Waals surface area (Å²) in [7, 11) is 1.65. The molecule has 1 aliphatic carbocycles. The van der Waals surface area contributed by atoms with Crippen LogP contribution in [0.5, 0.6) is 5.75 Å². The highest BCUT2D eigenvalue weighted by molar-refractivity contribution is 5.79. The van der Waals surface area contributed by atoms with Crippen molar-refractivity contribution in [3.63, 3.8) is 0 Å². The summed E-state index contributed by atoms with van der Waals surface area (Å²) in [6.45, 7) is 2.23. The number of ether oxygens (including phenoxy) is 1. The van der Waals surface area contributed by atoms with Crippen LogP contribution in [-0.2, 0) is 4.79 Å². The van der Waals surface area contributed by atoms with Crippen LogP contribution in [0.25, 0.3) is 0 Å². The molecule has 1 unspecified atom stereocenters. The highest BCUT2D eigenvalue weighted by Gasteiger charge is 2.42. The highest BCUT2D eigenvalue weighted by Crippen LogP contribution is 2.40. The number of benzene rings is 1. The number of carbonyl (C=O) groups is 1. The largest absolute Gasteiger partial charge is 0.495 e. The number of methoxy groups -OCH3 is 1. The fraction of sp³-hybridized carbons (Fsp3) is 0.609. The molecule has 0 saturated heterocycles. The second-order valence-electron chi connectivity index (χ2n) is 7.68. The van der Waals surface area contributed by atoms with Gasteiger partial charge in [0.1, 0.15) is 11.3 Å². The van der Waals surface area contributed by atoms with E-state index < -0.39 is 11.5 Å². The first-order valence-electron chi connectivity index (χ1n) is 10.2. The number of nitrogens with two attached hydrogens (primary N) is 1. The molecule has 0 aromatic heterocycles. The van der Waals surface area contributed by atoms with E-state index in [4.69, 9.17) is 10.5 Å². The maximum absolute atomic E-state index is 11.4. The molecular formula is C23H33NO3. The molecule has 0 bridgehead atoms. The van der Waals surface area contributed by atoms with E-state index in [1.807, 2.05) is 18.2 Å². The first kappa shape index (κ1) is 21.3. The Morgan fingerprint density at radius 2 is 2.04 bits per heavy atom. The van der Waals surface area contributed by atoms with E-state index in [1.165, 1.54) is 32.1 Å². The van der Waals surface area contributed by atoms with Crippen molar-refractivity contribution in [2.24, 2.45) is 5.73 Å². The van der Waals surface area contributed by atoms with Crippen molar-refractivity contribution in [2.45, 2.75) is 82.6 Å². The molecule has 4 nitrogen and oxygen atoms in total. The van der Waals surface area contributed by atoms with Crippen LogP contribution in [0.15, 0.2) is 18.2 Å². The Bertz CT molecular complexity index is 689. The molecule has 0 heterocycles. The lowest BCUT2D eigenvalue weighted by Gasteiger charge is -2.18. The number of rotatable bonds is 9. The maximum Gasteiger partial charge on any atom is 0.323 e. The monoisotopic (exact) mass is 371 g/mol. The Hall–Kier alpha value is -1.99. The van der Waals surface area contributed by atoms with E-state index in [2.05, 4.69) is 18.8 Å². The van der Waals surface area contributed by atoms with Crippen molar-refractivity contribution in [1.82, 2.24) is 0 Å². The van der Waals surface area contributed by atoms with Crippen molar-refractivity contribution in [1.29, 1.82) is 0 Å². The first-order valence-corrected chi connectivity index (χ1v) is 10.2. The molecule has 0 aliphatic heterocycles. The van der Waals surface area contributed by atoms with Crippen LogP contribution in [0, 0.1) is 11.8 Å². The van der Waals surface area contributed by atoms with Crippen molar-refractivity contribution in [2.75, 3.05) is 7.11 Å². The van der Waals surface area contributed by atoms with Gasteiger partial charge in [0.25, 0.3) is 0 Å². The molecule has 1 aliphatic rings. The first-order chi connectivity index (χ1) is 13.0. The maximum atomic E-state index is 11.4. The molecule has 1 aromatic rings. The van der Waals surface area contributed by atoms with Gasteiger partial charge in [-0.05, 0) is 49.3 Å². The van der Waals surface area contributed by atoms with Crippen LogP contribution in [-0.4, -0.2) is 23.7 Å². The zero-order valence-electron chi connectivity index (χ0n) is 16.7. The molecule has 0 radical (unpaired) electrons. The molecule has 3 N–H and O–H groups in total. The average molecular weight is 372 g/mol. The lowest BCUT2D eigenvalue weighted by atomic mass is 9.92. The molecule has 1 aromatic carbocycles. The van der Waals surface area contributed by atoms with Gasteiger partial charge in [-0.2, -0.15) is 0 Å². The minimum atomic E-state index is -1.10. The number of hydrogen-bond donors (Lipinski definition) is 2. The Kier molecular flexibility index (Phi) is 8.19. The van der Waals surface area contributed by atoms with Crippen LogP contribution >= 0.6 is 0 Å². The van der Waals surface area contributed by atoms with Gasteiger partial charge in [0.15, 0.2) is 0 Å². The van der Waals surface area contributed by atoms with Crippen molar-refractivity contribution >= 4 is 5.97 Å². The molecule has 2 rings (SSSR count). The average Bonchev–Trinajstić information content (AvgIpc) is 3.07. The molecule has 1 saturated carbocycles. The van der Waals surface area contributed by atoms with Crippen LogP contribution < -0.4 is 10.5 Å². The van der Waals surface area contributed by atoms with Crippen LogP contribution in [0.1, 0.15) is 88.2 Å². The quantitative estimate of drug-likeness (QED) is 0.481. The molecule has 148 valence electrons. The van der Waals surface area contributed by atoms with Crippen molar-refractivity contribution in [3.8, 4) is 17.6 Å². The number of carboxylic acids is 1. The number of carboxylic acid groups (broad SMARTS) is 1. The van der Waals surface area contributed by atoms with Gasteiger partial charge in [-0.3, -0.25) is 4.79 Å². The third-order valence-corrected chi connectivity index (χ3v) is 5.55. The Morgan fingerprint density at radius 1 is 1.30 bits per heavy atom. The SMILES string of the molecule is CCCCCCCCC#Cc1cc([C@H]2CCC(N)(C(=O)O)C2)ccc1OC. The fourth-order valence-corrected chi connectivity index (χ4v) is 3.78. The summed E-state index contributed by atoms with van der Waals surface area (Å²) in [5.41, 5.74) is 6.91. The molecule has 4 heteroatoms. The lowest BCUT2D eigenvalue weighted by molar-refractivity contribution is -0.143. The molecule has 27 heavy (non-hydrogen) atoms. The Morgan fingerprint density at radius 3 is 2.70 bits per heavy atom.